The van der Waals surface area contributed by atoms with Crippen molar-refractivity contribution in [1.29, 1.82) is 0 Å². The van der Waals surface area contributed by atoms with E-state index in [1.54, 1.807) is 47.7 Å². The van der Waals surface area contributed by atoms with Crippen LogP contribution < -0.4 is 10.1 Å². The van der Waals surface area contributed by atoms with Gasteiger partial charge in [-0.3, -0.25) is 14.2 Å². The van der Waals surface area contributed by atoms with Crippen molar-refractivity contribution in [2.24, 2.45) is 5.10 Å². The summed E-state index contributed by atoms with van der Waals surface area (Å²) in [6, 6.07) is 26.1. The van der Waals surface area contributed by atoms with Crippen LogP contribution in [0.3, 0.4) is 0 Å². The molecule has 1 atom stereocenters. The predicted octanol–water partition coefficient (Wildman–Crippen LogP) is 6.27. The molecular formula is C33H29FN6O3S2. The molecule has 3 aromatic carbocycles. The van der Waals surface area contributed by atoms with E-state index in [2.05, 4.69) is 15.5 Å². The summed E-state index contributed by atoms with van der Waals surface area (Å²) in [5.74, 6) is 0.459. The molecule has 0 spiro atoms. The maximum Gasteiger partial charge on any atom is 0.253 e. The zero-order chi connectivity index (χ0) is 31.2. The molecule has 0 saturated heterocycles. The normalized spacial score (nSPS) is 14.3. The molecule has 0 radical (unpaired) electrons. The number of halogens is 1. The summed E-state index contributed by atoms with van der Waals surface area (Å²) in [7, 11) is 0. The van der Waals surface area contributed by atoms with E-state index < -0.39 is 0 Å². The van der Waals surface area contributed by atoms with Crippen molar-refractivity contribution in [3.63, 3.8) is 0 Å². The third-order valence-electron chi connectivity index (χ3n) is 7.10. The Morgan fingerprint density at radius 1 is 1.00 bits per heavy atom. The smallest absolute Gasteiger partial charge is 0.253 e. The average Bonchev–Trinajstić information content (AvgIpc) is 3.84. The number of rotatable bonds is 11. The molecule has 0 aliphatic carbocycles. The molecule has 0 saturated carbocycles. The Hall–Kier alpha value is -4.81. The largest absolute Gasteiger partial charge is 0.494 e. The Bertz CT molecular complexity index is 1790. The molecule has 1 N–H and O–H groups in total. The lowest BCUT2D eigenvalue weighted by Crippen LogP contribution is -2.28. The van der Waals surface area contributed by atoms with Gasteiger partial charge in [0.1, 0.15) is 11.6 Å². The number of thiophene rings is 1. The number of carbonyl (C=O) groups excluding carboxylic acids is 2. The molecule has 0 unspecified atom stereocenters. The third-order valence-corrected chi connectivity index (χ3v) is 8.93. The first-order valence-corrected chi connectivity index (χ1v) is 16.2. The number of benzene rings is 3. The van der Waals surface area contributed by atoms with Crippen LogP contribution in [-0.2, 0) is 11.3 Å². The number of amides is 2. The van der Waals surface area contributed by atoms with Crippen LogP contribution >= 0.6 is 23.1 Å². The van der Waals surface area contributed by atoms with Crippen molar-refractivity contribution in [3.05, 3.63) is 124 Å². The van der Waals surface area contributed by atoms with Gasteiger partial charge >= 0.3 is 0 Å². The molecule has 3 heterocycles. The second-order valence-corrected chi connectivity index (χ2v) is 11.9. The van der Waals surface area contributed by atoms with Gasteiger partial charge in [0, 0.05) is 17.7 Å². The van der Waals surface area contributed by atoms with Crippen molar-refractivity contribution < 1.29 is 18.7 Å². The van der Waals surface area contributed by atoms with Crippen LogP contribution in [0.2, 0.25) is 0 Å². The number of hydrazone groups is 1. The number of ether oxygens (including phenoxy) is 1. The number of nitrogens with one attached hydrogen (secondary N) is 1. The van der Waals surface area contributed by atoms with Crippen LogP contribution in [0.15, 0.2) is 107 Å². The van der Waals surface area contributed by atoms with Crippen molar-refractivity contribution >= 4 is 40.6 Å². The maximum atomic E-state index is 13.7. The van der Waals surface area contributed by atoms with E-state index in [0.717, 1.165) is 27.6 Å². The highest BCUT2D eigenvalue weighted by molar-refractivity contribution is 7.99. The molecule has 228 valence electrons. The number of aromatic nitrogens is 3. The minimum atomic E-state index is -0.358. The quantitative estimate of drug-likeness (QED) is 0.171. The fraction of sp³-hybridized carbons (Fsp3) is 0.182. The standard InChI is InChI=1S/C33H29FN6O3S2/c1-2-43-26-16-14-25(15-17-26)39-30(20-35-32(42)23-7-4-3-5-8-23)36-37-33(39)45-21-31(41)40-28(22-10-12-24(34)13-11-22)19-27(38-40)29-9-6-18-44-29/h3-18,28H,2,19-21H2,1H3,(H,35,42)/t28-/m1/s1. The number of nitrogens with zero attached hydrogens (tertiary/aromatic N) is 5. The Balaban J connectivity index is 1.24. The molecule has 6 rings (SSSR count). The van der Waals surface area contributed by atoms with E-state index in [1.807, 2.05) is 59.3 Å². The Morgan fingerprint density at radius 3 is 2.49 bits per heavy atom. The lowest BCUT2D eigenvalue weighted by Gasteiger charge is -2.22. The Morgan fingerprint density at radius 2 is 1.78 bits per heavy atom. The second-order valence-electron chi connectivity index (χ2n) is 10.0. The summed E-state index contributed by atoms with van der Waals surface area (Å²) in [6.07, 6.45) is 0.524. The maximum absolute atomic E-state index is 13.7. The summed E-state index contributed by atoms with van der Waals surface area (Å²) in [5, 5.41) is 20.3. The van der Waals surface area contributed by atoms with Gasteiger partial charge in [-0.05, 0) is 72.5 Å². The zero-order valence-electron chi connectivity index (χ0n) is 24.3. The van der Waals surface area contributed by atoms with Crippen molar-refractivity contribution in [1.82, 2.24) is 25.1 Å². The Labute approximate surface area is 267 Å². The molecule has 0 fully saturated rings. The highest BCUT2D eigenvalue weighted by Gasteiger charge is 2.33. The lowest BCUT2D eigenvalue weighted by atomic mass is 10.0. The Kier molecular flexibility index (Phi) is 9.32. The molecule has 2 aromatic heterocycles. The minimum absolute atomic E-state index is 0.0322. The molecule has 0 bridgehead atoms. The molecule has 12 heteroatoms. The van der Waals surface area contributed by atoms with Gasteiger partial charge in [0.25, 0.3) is 11.8 Å². The van der Waals surface area contributed by atoms with Gasteiger partial charge in [0.15, 0.2) is 11.0 Å². The fourth-order valence-corrected chi connectivity index (χ4v) is 6.49. The molecule has 1 aliphatic heterocycles. The molecule has 9 nitrogen and oxygen atoms in total. The molecular weight excluding hydrogens is 612 g/mol. The first-order chi connectivity index (χ1) is 22.0. The van der Waals surface area contributed by atoms with Crippen molar-refractivity contribution in [2.45, 2.75) is 31.1 Å². The molecule has 5 aromatic rings. The van der Waals surface area contributed by atoms with Gasteiger partial charge in [-0.15, -0.1) is 21.5 Å². The summed E-state index contributed by atoms with van der Waals surface area (Å²) in [5.41, 5.74) is 2.91. The number of hydrogen-bond donors (Lipinski definition) is 1. The summed E-state index contributed by atoms with van der Waals surface area (Å²) in [6.45, 7) is 2.58. The molecule has 1 aliphatic rings. The minimum Gasteiger partial charge on any atom is -0.494 e. The van der Waals surface area contributed by atoms with Crippen LogP contribution in [0.5, 0.6) is 5.75 Å². The van der Waals surface area contributed by atoms with Gasteiger partial charge in [0.2, 0.25) is 0 Å². The van der Waals surface area contributed by atoms with Gasteiger partial charge < -0.3 is 10.1 Å². The van der Waals surface area contributed by atoms with Crippen LogP contribution in [-0.4, -0.2) is 49.7 Å². The average molecular weight is 641 g/mol. The molecule has 2 amide bonds. The highest BCUT2D eigenvalue weighted by Crippen LogP contribution is 2.35. The van der Waals surface area contributed by atoms with E-state index in [-0.39, 0.29) is 36.0 Å². The van der Waals surface area contributed by atoms with E-state index in [0.29, 0.717) is 29.6 Å². The first kappa shape index (κ1) is 30.2. The van der Waals surface area contributed by atoms with Gasteiger partial charge in [-0.25, -0.2) is 9.40 Å². The second kappa shape index (κ2) is 13.9. The SMILES string of the molecule is CCOc1ccc(-n2c(CNC(=O)c3ccccc3)nnc2SCC(=O)N2N=C(c3cccs3)C[C@@H]2c2ccc(F)cc2)cc1. The van der Waals surface area contributed by atoms with Crippen LogP contribution in [0.4, 0.5) is 4.39 Å². The monoisotopic (exact) mass is 640 g/mol. The van der Waals surface area contributed by atoms with Crippen LogP contribution in [0.1, 0.15) is 46.0 Å². The lowest BCUT2D eigenvalue weighted by molar-refractivity contribution is -0.130. The van der Waals surface area contributed by atoms with Gasteiger partial charge in [-0.2, -0.15) is 5.10 Å². The fourth-order valence-electron chi connectivity index (χ4n) is 4.95. The number of thioether (sulfide) groups is 1. The zero-order valence-corrected chi connectivity index (χ0v) is 25.9. The first-order valence-electron chi connectivity index (χ1n) is 14.3. The summed E-state index contributed by atoms with van der Waals surface area (Å²) in [4.78, 5) is 27.5. The van der Waals surface area contributed by atoms with Crippen molar-refractivity contribution in [2.75, 3.05) is 12.4 Å². The number of carbonyl (C=O) groups is 2. The van der Waals surface area contributed by atoms with E-state index in [4.69, 9.17) is 9.84 Å². The van der Waals surface area contributed by atoms with Crippen molar-refractivity contribution in [3.8, 4) is 11.4 Å². The van der Waals surface area contributed by atoms with Crippen LogP contribution in [0, 0.1) is 5.82 Å². The highest BCUT2D eigenvalue weighted by atomic mass is 32.2. The van der Waals surface area contributed by atoms with Gasteiger partial charge in [0.05, 0.1) is 35.5 Å². The summed E-state index contributed by atoms with van der Waals surface area (Å²) < 4.78 is 21.1. The van der Waals surface area contributed by atoms with Gasteiger partial charge in [-0.1, -0.05) is 48.2 Å². The topological polar surface area (TPSA) is 102 Å². The van der Waals surface area contributed by atoms with E-state index >= 15 is 0 Å². The molecule has 45 heavy (non-hydrogen) atoms. The summed E-state index contributed by atoms with van der Waals surface area (Å²) >= 11 is 2.79. The number of hydrogen-bond acceptors (Lipinski definition) is 8. The van der Waals surface area contributed by atoms with Crippen LogP contribution in [0.25, 0.3) is 5.69 Å². The third kappa shape index (κ3) is 6.97. The predicted molar refractivity (Wildman–Crippen MR) is 172 cm³/mol. The van der Waals surface area contributed by atoms with E-state index in [9.17, 15) is 14.0 Å². The van der Waals surface area contributed by atoms with E-state index in [1.165, 1.54) is 28.9 Å².